The van der Waals surface area contributed by atoms with Gasteiger partial charge in [0.1, 0.15) is 0 Å². The van der Waals surface area contributed by atoms with E-state index in [2.05, 4.69) is 15.4 Å². The topological polar surface area (TPSA) is 72.5 Å². The fraction of sp³-hybridized carbons (Fsp3) is 1.00. The quantitative estimate of drug-likeness (QED) is 0.539. The summed E-state index contributed by atoms with van der Waals surface area (Å²) in [5.41, 5.74) is 5.41. The van der Waals surface area contributed by atoms with Crippen LogP contribution >= 0.6 is 0 Å². The summed E-state index contributed by atoms with van der Waals surface area (Å²) < 4.78 is 23.8. The Kier molecular flexibility index (Phi) is 11.5. The van der Waals surface area contributed by atoms with Crippen molar-refractivity contribution in [2.45, 2.75) is 57.8 Å². The van der Waals surface area contributed by atoms with Crippen molar-refractivity contribution in [3.05, 3.63) is 0 Å². The van der Waals surface area contributed by atoms with Gasteiger partial charge in [-0.1, -0.05) is 44.9 Å². The van der Waals surface area contributed by atoms with Gasteiger partial charge < -0.3 is 5.73 Å². The molecule has 0 aromatic carbocycles. The molecule has 1 atom stereocenters. The third-order valence-electron chi connectivity index (χ3n) is 2.58. The Morgan fingerprint density at radius 1 is 0.941 bits per heavy atom. The van der Waals surface area contributed by atoms with Crippen LogP contribution in [0.1, 0.15) is 57.8 Å². The molecular weight excluding hydrogens is 258 g/mol. The highest BCUT2D eigenvalue weighted by Crippen LogP contribution is 2.09. The maximum Gasteiger partial charge on any atom is 0.266 e. The summed E-state index contributed by atoms with van der Waals surface area (Å²) in [4.78, 5) is 0. The van der Waals surface area contributed by atoms with Crippen molar-refractivity contribution in [3.63, 3.8) is 0 Å². The Morgan fingerprint density at radius 3 is 1.76 bits per heavy atom. The van der Waals surface area contributed by atoms with Crippen molar-refractivity contribution in [1.29, 1.82) is 0 Å². The van der Waals surface area contributed by atoms with Crippen LogP contribution in [0.15, 0.2) is 0 Å². The first-order chi connectivity index (χ1) is 8.06. The molecule has 104 valence electrons. The molecule has 0 radical (unpaired) electrons. The van der Waals surface area contributed by atoms with E-state index in [-0.39, 0.29) is 6.61 Å². The molecule has 0 bridgehead atoms. The maximum absolute atomic E-state index is 10.6. The van der Waals surface area contributed by atoms with Gasteiger partial charge in [-0.05, 0) is 19.4 Å². The number of unbranched alkanes of at least 4 members (excludes halogenated alkanes) is 8. The smallest absolute Gasteiger partial charge is 0.266 e. The lowest BCUT2D eigenvalue weighted by Crippen LogP contribution is -2.03. The molecule has 0 aliphatic carbocycles. The minimum absolute atomic E-state index is 0.287. The Morgan fingerprint density at radius 2 is 1.35 bits per heavy atom. The van der Waals surface area contributed by atoms with Crippen LogP contribution in [0.25, 0.3) is 0 Å². The lowest BCUT2D eigenvalue weighted by Gasteiger charge is -2.03. The van der Waals surface area contributed by atoms with Gasteiger partial charge in [0.15, 0.2) is 0 Å². The molecule has 0 spiro atoms. The van der Waals surface area contributed by atoms with Crippen molar-refractivity contribution >= 4 is 20.2 Å². The fourth-order valence-electron chi connectivity index (χ4n) is 1.65. The summed E-state index contributed by atoms with van der Waals surface area (Å²) >= 11 is 4.21. The summed E-state index contributed by atoms with van der Waals surface area (Å²) in [5.74, 6) is 0. The molecule has 4 nitrogen and oxygen atoms in total. The Hall–Kier alpha value is 0.250. The van der Waals surface area contributed by atoms with Crippen LogP contribution in [-0.4, -0.2) is 21.9 Å². The largest absolute Gasteiger partial charge is 0.330 e. The normalized spacial score (nSPS) is 14.7. The van der Waals surface area contributed by atoms with Crippen LogP contribution in [0, 0.1) is 0 Å². The predicted octanol–water partition coefficient (Wildman–Crippen LogP) is 2.61. The molecule has 17 heavy (non-hydrogen) atoms. The molecule has 0 aromatic heterocycles. The van der Waals surface area contributed by atoms with Crippen molar-refractivity contribution in [2.75, 3.05) is 13.2 Å². The molecule has 0 aliphatic rings. The Labute approximate surface area is 110 Å². The molecular formula is C11H25NO3S2. The minimum Gasteiger partial charge on any atom is -0.330 e. The molecule has 0 saturated carbocycles. The zero-order chi connectivity index (χ0) is 13.0. The lowest BCUT2D eigenvalue weighted by atomic mass is 10.1. The molecule has 0 aliphatic heterocycles. The number of nitrogens with two attached hydrogens (primary N) is 1. The van der Waals surface area contributed by atoms with Gasteiger partial charge in [0, 0.05) is 11.2 Å². The van der Waals surface area contributed by atoms with Gasteiger partial charge in [0.2, 0.25) is 0 Å². The molecule has 0 fully saturated rings. The van der Waals surface area contributed by atoms with Gasteiger partial charge in [-0.3, -0.25) is 8.74 Å². The van der Waals surface area contributed by atoms with E-state index in [9.17, 15) is 4.21 Å². The standard InChI is InChI=1S/C11H25NO3S2/c12-10-8-6-4-2-1-3-5-7-9-11-15-17(13,14)16/h1-12H2,(H,13,14,16). The van der Waals surface area contributed by atoms with Gasteiger partial charge in [-0.2, -0.15) is 4.21 Å². The molecule has 0 saturated heterocycles. The van der Waals surface area contributed by atoms with E-state index >= 15 is 0 Å². The van der Waals surface area contributed by atoms with Gasteiger partial charge in [0.25, 0.3) is 9.05 Å². The van der Waals surface area contributed by atoms with Gasteiger partial charge >= 0.3 is 0 Å². The Balaban J connectivity index is 3.04. The van der Waals surface area contributed by atoms with Crippen LogP contribution in [0.4, 0.5) is 0 Å². The van der Waals surface area contributed by atoms with Gasteiger partial charge in [-0.25, -0.2) is 0 Å². The SMILES string of the molecule is NCCCCCCCCCCCOS(=O)(O)=S. The van der Waals surface area contributed by atoms with Crippen molar-refractivity contribution < 1.29 is 12.9 Å². The Bertz CT molecular complexity index is 255. The van der Waals surface area contributed by atoms with Crippen LogP contribution in [-0.2, 0) is 24.4 Å². The second kappa shape index (κ2) is 11.3. The molecule has 6 heteroatoms. The van der Waals surface area contributed by atoms with Crippen LogP contribution in [0.2, 0.25) is 0 Å². The highest BCUT2D eigenvalue weighted by molar-refractivity contribution is 8.27. The molecule has 0 amide bonds. The van der Waals surface area contributed by atoms with E-state index in [1.165, 1.54) is 32.1 Å². The fourth-order valence-corrected chi connectivity index (χ4v) is 2.18. The van der Waals surface area contributed by atoms with E-state index in [4.69, 9.17) is 10.3 Å². The van der Waals surface area contributed by atoms with Gasteiger partial charge in [-0.15, -0.1) is 0 Å². The molecule has 1 unspecified atom stereocenters. The summed E-state index contributed by atoms with van der Waals surface area (Å²) in [6.07, 6.45) is 10.4. The predicted molar refractivity (Wildman–Crippen MR) is 74.7 cm³/mol. The zero-order valence-corrected chi connectivity index (χ0v) is 12.1. The van der Waals surface area contributed by atoms with Gasteiger partial charge in [0.05, 0.1) is 6.61 Å². The van der Waals surface area contributed by atoms with Crippen LogP contribution < -0.4 is 5.73 Å². The molecule has 0 rings (SSSR count). The number of rotatable bonds is 12. The third kappa shape index (κ3) is 16.2. The highest BCUT2D eigenvalue weighted by atomic mass is 32.9. The van der Waals surface area contributed by atoms with Crippen LogP contribution in [0.5, 0.6) is 0 Å². The first-order valence-corrected chi connectivity index (χ1v) is 8.74. The van der Waals surface area contributed by atoms with E-state index < -0.39 is 9.05 Å². The molecule has 3 N–H and O–H groups in total. The minimum atomic E-state index is -3.41. The van der Waals surface area contributed by atoms with E-state index in [1.54, 1.807) is 0 Å². The monoisotopic (exact) mass is 283 g/mol. The van der Waals surface area contributed by atoms with E-state index in [1.807, 2.05) is 0 Å². The number of hydrogen-bond acceptors (Lipinski definition) is 4. The van der Waals surface area contributed by atoms with Crippen molar-refractivity contribution in [1.82, 2.24) is 0 Å². The maximum atomic E-state index is 10.6. The summed E-state index contributed by atoms with van der Waals surface area (Å²) in [7, 11) is -3.41. The van der Waals surface area contributed by atoms with E-state index in [0.717, 1.165) is 32.2 Å². The second-order valence-electron chi connectivity index (χ2n) is 4.22. The van der Waals surface area contributed by atoms with E-state index in [0.29, 0.717) is 0 Å². The van der Waals surface area contributed by atoms with Crippen LogP contribution in [0.3, 0.4) is 0 Å². The van der Waals surface area contributed by atoms with Crippen molar-refractivity contribution in [3.8, 4) is 0 Å². The lowest BCUT2D eigenvalue weighted by molar-refractivity contribution is 0.294. The average Bonchev–Trinajstić information content (AvgIpc) is 2.24. The first kappa shape index (κ1) is 17.2. The first-order valence-electron chi connectivity index (χ1n) is 6.38. The summed E-state index contributed by atoms with van der Waals surface area (Å²) in [6.45, 7) is 1.09. The summed E-state index contributed by atoms with van der Waals surface area (Å²) in [6, 6.07) is 0. The molecule has 0 aromatic rings. The highest BCUT2D eigenvalue weighted by Gasteiger charge is 1.98. The second-order valence-corrected chi connectivity index (χ2v) is 6.58. The van der Waals surface area contributed by atoms with Crippen molar-refractivity contribution in [2.24, 2.45) is 5.73 Å². The summed E-state index contributed by atoms with van der Waals surface area (Å²) in [5, 5.41) is 0. The molecule has 0 heterocycles. The average molecular weight is 283 g/mol. The zero-order valence-electron chi connectivity index (χ0n) is 10.4. The third-order valence-corrected chi connectivity index (χ3v) is 3.33. The number of hydrogen-bond donors (Lipinski definition) is 2.